The maximum Gasteiger partial charge on any atom is 0.0554 e. The predicted molar refractivity (Wildman–Crippen MR) is 62.1 cm³/mol. The summed E-state index contributed by atoms with van der Waals surface area (Å²) in [7, 11) is 2.24. The molecule has 0 saturated carbocycles. The minimum Gasteiger partial charge on any atom is -0.380 e. The topological polar surface area (TPSA) is 15.7 Å². The van der Waals surface area contributed by atoms with Crippen LogP contribution in [0.25, 0.3) is 0 Å². The maximum atomic E-state index is 5.32. The lowest BCUT2D eigenvalue weighted by Crippen LogP contribution is -2.50. The molecule has 1 atom stereocenters. The third-order valence-electron chi connectivity index (χ3n) is 3.77. The van der Waals surface area contributed by atoms with Gasteiger partial charge < -0.3 is 14.5 Å². The highest BCUT2D eigenvalue weighted by molar-refractivity contribution is 4.86. The summed E-state index contributed by atoms with van der Waals surface area (Å²) in [4.78, 5) is 5.09. The van der Waals surface area contributed by atoms with Crippen LogP contribution >= 0.6 is 0 Å². The number of nitrogens with zero attached hydrogens (tertiary/aromatic N) is 2. The quantitative estimate of drug-likeness (QED) is 0.680. The van der Waals surface area contributed by atoms with Crippen molar-refractivity contribution in [3.8, 4) is 0 Å². The molecule has 0 N–H and O–H groups in total. The Morgan fingerprint density at radius 1 is 1.33 bits per heavy atom. The van der Waals surface area contributed by atoms with Gasteiger partial charge in [0, 0.05) is 24.5 Å². The Morgan fingerprint density at radius 2 is 2.07 bits per heavy atom. The molecule has 2 rings (SSSR count). The minimum atomic E-state index is 0.433. The molecule has 88 valence electrons. The van der Waals surface area contributed by atoms with Crippen LogP contribution in [0.3, 0.4) is 0 Å². The largest absolute Gasteiger partial charge is 0.380 e. The van der Waals surface area contributed by atoms with E-state index in [4.69, 9.17) is 4.74 Å². The first kappa shape index (κ1) is 11.4. The van der Waals surface area contributed by atoms with Crippen molar-refractivity contribution in [2.24, 2.45) is 5.41 Å². The summed E-state index contributed by atoms with van der Waals surface area (Å²) in [6, 6.07) is 0.692. The molecular weight excluding hydrogens is 188 g/mol. The summed E-state index contributed by atoms with van der Waals surface area (Å²) in [6.45, 7) is 11.5. The molecule has 0 bridgehead atoms. The SMILES string of the molecule is C[C@H]1CN(CC2(C)COC2)CCCN1C. The second kappa shape index (κ2) is 4.40. The lowest BCUT2D eigenvalue weighted by atomic mass is 9.88. The molecule has 0 unspecified atom stereocenters. The van der Waals surface area contributed by atoms with Crippen LogP contribution in [0, 0.1) is 5.41 Å². The summed E-state index contributed by atoms with van der Waals surface area (Å²) in [5.74, 6) is 0. The van der Waals surface area contributed by atoms with E-state index < -0.39 is 0 Å². The van der Waals surface area contributed by atoms with Crippen LogP contribution in [0.15, 0.2) is 0 Å². The Morgan fingerprint density at radius 3 is 2.67 bits per heavy atom. The Bertz CT molecular complexity index is 216. The highest BCUT2D eigenvalue weighted by Crippen LogP contribution is 2.28. The zero-order valence-electron chi connectivity index (χ0n) is 10.3. The van der Waals surface area contributed by atoms with Gasteiger partial charge in [0.1, 0.15) is 0 Å². The van der Waals surface area contributed by atoms with Gasteiger partial charge in [0.15, 0.2) is 0 Å². The van der Waals surface area contributed by atoms with Gasteiger partial charge in [-0.15, -0.1) is 0 Å². The first-order valence-electron chi connectivity index (χ1n) is 6.09. The highest BCUT2D eigenvalue weighted by atomic mass is 16.5. The molecule has 0 radical (unpaired) electrons. The van der Waals surface area contributed by atoms with Crippen molar-refractivity contribution >= 4 is 0 Å². The third-order valence-corrected chi connectivity index (χ3v) is 3.77. The van der Waals surface area contributed by atoms with Gasteiger partial charge in [0.2, 0.25) is 0 Å². The van der Waals surface area contributed by atoms with Crippen LogP contribution < -0.4 is 0 Å². The van der Waals surface area contributed by atoms with E-state index in [9.17, 15) is 0 Å². The number of likely N-dealkylation sites (N-methyl/N-ethyl adjacent to an activating group) is 1. The lowest BCUT2D eigenvalue weighted by Gasteiger charge is -2.42. The highest BCUT2D eigenvalue weighted by Gasteiger charge is 2.35. The molecule has 2 aliphatic rings. The third kappa shape index (κ3) is 2.71. The minimum absolute atomic E-state index is 0.433. The van der Waals surface area contributed by atoms with Crippen LogP contribution in [0.2, 0.25) is 0 Å². The summed E-state index contributed by atoms with van der Waals surface area (Å²) < 4.78 is 5.32. The van der Waals surface area contributed by atoms with E-state index in [0.717, 1.165) is 13.2 Å². The maximum absolute atomic E-state index is 5.32. The molecule has 0 aliphatic carbocycles. The molecule has 15 heavy (non-hydrogen) atoms. The molecule has 2 saturated heterocycles. The van der Waals surface area contributed by atoms with E-state index in [-0.39, 0.29) is 0 Å². The second-order valence-electron chi connectivity index (χ2n) is 5.72. The second-order valence-corrected chi connectivity index (χ2v) is 5.72. The van der Waals surface area contributed by atoms with Crippen LogP contribution in [-0.4, -0.2) is 62.3 Å². The molecule has 0 amide bonds. The molecule has 0 aromatic heterocycles. The van der Waals surface area contributed by atoms with Gasteiger partial charge in [-0.3, -0.25) is 0 Å². The number of rotatable bonds is 2. The zero-order chi connectivity index (χ0) is 10.9. The first-order chi connectivity index (χ1) is 7.09. The molecule has 3 nitrogen and oxygen atoms in total. The van der Waals surface area contributed by atoms with E-state index >= 15 is 0 Å². The van der Waals surface area contributed by atoms with Crippen LogP contribution in [0.4, 0.5) is 0 Å². The number of ether oxygens (including phenoxy) is 1. The normalized spacial score (nSPS) is 33.4. The Labute approximate surface area is 93.4 Å². The molecule has 3 heteroatoms. The van der Waals surface area contributed by atoms with Crippen molar-refractivity contribution in [2.75, 3.05) is 46.4 Å². The smallest absolute Gasteiger partial charge is 0.0554 e. The standard InChI is InChI=1S/C12H24N2O/c1-11-7-14(6-4-5-13(11)3)8-12(2)9-15-10-12/h11H,4-10H2,1-3H3/t11-/m0/s1. The van der Waals surface area contributed by atoms with Crippen molar-refractivity contribution in [2.45, 2.75) is 26.3 Å². The fourth-order valence-electron chi connectivity index (χ4n) is 2.59. The average Bonchev–Trinajstić information content (AvgIpc) is 2.27. The van der Waals surface area contributed by atoms with Gasteiger partial charge >= 0.3 is 0 Å². The van der Waals surface area contributed by atoms with Gasteiger partial charge in [-0.25, -0.2) is 0 Å². The van der Waals surface area contributed by atoms with Crippen molar-refractivity contribution in [3.63, 3.8) is 0 Å². The van der Waals surface area contributed by atoms with E-state index in [1.54, 1.807) is 0 Å². The molecule has 2 aliphatic heterocycles. The summed E-state index contributed by atoms with van der Waals surface area (Å²) in [5, 5.41) is 0. The molecule has 2 heterocycles. The van der Waals surface area contributed by atoms with Crippen LogP contribution in [0.5, 0.6) is 0 Å². The van der Waals surface area contributed by atoms with E-state index in [1.807, 2.05) is 0 Å². The van der Waals surface area contributed by atoms with Gasteiger partial charge in [-0.05, 0) is 33.5 Å². The van der Waals surface area contributed by atoms with Crippen molar-refractivity contribution < 1.29 is 4.74 Å². The predicted octanol–water partition coefficient (Wildman–Crippen LogP) is 1.05. The Balaban J connectivity index is 1.86. The molecule has 0 spiro atoms. The monoisotopic (exact) mass is 212 g/mol. The molecular formula is C12H24N2O. The van der Waals surface area contributed by atoms with E-state index in [0.29, 0.717) is 11.5 Å². The summed E-state index contributed by atoms with van der Waals surface area (Å²) in [6.07, 6.45) is 1.30. The molecule has 2 fully saturated rings. The van der Waals surface area contributed by atoms with Crippen LogP contribution in [-0.2, 0) is 4.74 Å². The average molecular weight is 212 g/mol. The molecule has 0 aromatic rings. The van der Waals surface area contributed by atoms with Crippen molar-refractivity contribution in [3.05, 3.63) is 0 Å². The van der Waals surface area contributed by atoms with E-state index in [2.05, 4.69) is 30.7 Å². The van der Waals surface area contributed by atoms with Gasteiger partial charge in [0.25, 0.3) is 0 Å². The summed E-state index contributed by atoms with van der Waals surface area (Å²) in [5.41, 5.74) is 0.433. The first-order valence-corrected chi connectivity index (χ1v) is 6.09. The number of hydrogen-bond acceptors (Lipinski definition) is 3. The van der Waals surface area contributed by atoms with Crippen LogP contribution in [0.1, 0.15) is 20.3 Å². The summed E-state index contributed by atoms with van der Waals surface area (Å²) >= 11 is 0. The Kier molecular flexibility index (Phi) is 3.33. The fourth-order valence-corrected chi connectivity index (χ4v) is 2.59. The fraction of sp³-hybridized carbons (Fsp3) is 1.00. The van der Waals surface area contributed by atoms with Crippen molar-refractivity contribution in [1.82, 2.24) is 9.80 Å². The van der Waals surface area contributed by atoms with Gasteiger partial charge in [-0.2, -0.15) is 0 Å². The Hall–Kier alpha value is -0.120. The lowest BCUT2D eigenvalue weighted by molar-refractivity contribution is -0.115. The van der Waals surface area contributed by atoms with Gasteiger partial charge in [0.05, 0.1) is 13.2 Å². The van der Waals surface area contributed by atoms with Crippen molar-refractivity contribution in [1.29, 1.82) is 0 Å². The molecule has 0 aromatic carbocycles. The number of hydrogen-bond donors (Lipinski definition) is 0. The van der Waals surface area contributed by atoms with Gasteiger partial charge in [-0.1, -0.05) is 6.92 Å². The van der Waals surface area contributed by atoms with E-state index in [1.165, 1.54) is 32.6 Å². The zero-order valence-corrected chi connectivity index (χ0v) is 10.3.